The smallest absolute Gasteiger partial charge is 0.329 e. The van der Waals surface area contributed by atoms with Crippen molar-refractivity contribution in [3.8, 4) is 11.3 Å². The summed E-state index contributed by atoms with van der Waals surface area (Å²) >= 11 is 0. The van der Waals surface area contributed by atoms with Crippen LogP contribution in [0.3, 0.4) is 0 Å². The Kier molecular flexibility index (Phi) is 5.05. The Balaban J connectivity index is 1.68. The van der Waals surface area contributed by atoms with Crippen LogP contribution in [0, 0.1) is 0 Å². The SMILES string of the molecule is NC(=O)CN1CCC(n2c(=O)[nH]c(=O)c3cnc4ccc(-c5cnc(N)nc5)nc4c32)CC1. The van der Waals surface area contributed by atoms with E-state index in [0.717, 1.165) is 0 Å². The summed E-state index contributed by atoms with van der Waals surface area (Å²) in [7, 11) is 0. The minimum Gasteiger partial charge on any atom is -0.369 e. The number of nitrogens with two attached hydrogens (primary N) is 2. The number of amides is 1. The summed E-state index contributed by atoms with van der Waals surface area (Å²) in [5.41, 5.74) is 12.5. The topological polar surface area (TPSA) is 179 Å². The lowest BCUT2D eigenvalue weighted by Crippen LogP contribution is -2.42. The molecule has 33 heavy (non-hydrogen) atoms. The lowest BCUT2D eigenvalue weighted by atomic mass is 10.0. The molecule has 0 spiro atoms. The van der Waals surface area contributed by atoms with Gasteiger partial charge in [-0.25, -0.2) is 19.7 Å². The van der Waals surface area contributed by atoms with Crippen LogP contribution in [-0.2, 0) is 4.79 Å². The molecular weight excluding hydrogens is 426 g/mol. The summed E-state index contributed by atoms with van der Waals surface area (Å²) < 4.78 is 1.60. The minimum atomic E-state index is -0.519. The van der Waals surface area contributed by atoms with Crippen LogP contribution < -0.4 is 22.7 Å². The number of hydrogen-bond donors (Lipinski definition) is 3. The molecule has 0 unspecified atom stereocenters. The van der Waals surface area contributed by atoms with Crippen LogP contribution in [0.4, 0.5) is 5.95 Å². The highest BCUT2D eigenvalue weighted by Gasteiger charge is 2.25. The molecule has 4 aromatic rings. The second-order valence-electron chi connectivity index (χ2n) is 8.02. The number of pyridine rings is 2. The normalized spacial score (nSPS) is 15.3. The Morgan fingerprint density at radius 1 is 1.09 bits per heavy atom. The van der Waals surface area contributed by atoms with Crippen LogP contribution in [-0.4, -0.2) is 59.9 Å². The van der Waals surface area contributed by atoms with Crippen LogP contribution in [0.2, 0.25) is 0 Å². The predicted octanol–water partition coefficient (Wildman–Crippen LogP) is -0.206. The number of nitrogens with one attached hydrogen (secondary N) is 1. The minimum absolute atomic E-state index is 0.148. The third-order valence-electron chi connectivity index (χ3n) is 5.88. The van der Waals surface area contributed by atoms with Crippen molar-refractivity contribution in [3.05, 3.63) is 51.6 Å². The van der Waals surface area contributed by atoms with E-state index < -0.39 is 11.2 Å². The fourth-order valence-corrected chi connectivity index (χ4v) is 4.32. The molecular formula is C21H21N9O3. The molecule has 4 aromatic heterocycles. The largest absolute Gasteiger partial charge is 0.369 e. The lowest BCUT2D eigenvalue weighted by molar-refractivity contribution is -0.119. The first-order valence-electron chi connectivity index (χ1n) is 10.4. The van der Waals surface area contributed by atoms with Crippen molar-refractivity contribution in [3.63, 3.8) is 0 Å². The molecule has 0 bridgehead atoms. The van der Waals surface area contributed by atoms with Gasteiger partial charge in [0.15, 0.2) is 0 Å². The van der Waals surface area contributed by atoms with E-state index in [4.69, 9.17) is 16.5 Å². The second kappa shape index (κ2) is 8.06. The molecule has 0 atom stereocenters. The number of anilines is 1. The highest BCUT2D eigenvalue weighted by molar-refractivity contribution is 6.01. The van der Waals surface area contributed by atoms with Gasteiger partial charge in [0.25, 0.3) is 5.56 Å². The zero-order valence-corrected chi connectivity index (χ0v) is 17.6. The number of nitrogens with zero attached hydrogens (tertiary/aromatic N) is 6. The van der Waals surface area contributed by atoms with Crippen molar-refractivity contribution < 1.29 is 4.79 Å². The number of primary amides is 1. The number of H-pyrrole nitrogens is 1. The summed E-state index contributed by atoms with van der Waals surface area (Å²) in [5, 5.41) is 0.278. The zero-order valence-electron chi connectivity index (χ0n) is 17.6. The van der Waals surface area contributed by atoms with E-state index in [0.29, 0.717) is 53.7 Å². The van der Waals surface area contributed by atoms with Gasteiger partial charge in [-0.2, -0.15) is 0 Å². The summed E-state index contributed by atoms with van der Waals surface area (Å²) in [6.07, 6.45) is 5.81. The number of aromatic nitrogens is 6. The summed E-state index contributed by atoms with van der Waals surface area (Å²) in [4.78, 5) is 58.3. The number of aromatic amines is 1. The first-order valence-corrected chi connectivity index (χ1v) is 10.4. The van der Waals surface area contributed by atoms with Crippen LogP contribution >= 0.6 is 0 Å². The molecule has 5 N–H and O–H groups in total. The third kappa shape index (κ3) is 3.80. The van der Waals surface area contributed by atoms with Crippen LogP contribution in [0.5, 0.6) is 0 Å². The van der Waals surface area contributed by atoms with Crippen molar-refractivity contribution in [2.45, 2.75) is 18.9 Å². The average Bonchev–Trinajstić information content (AvgIpc) is 2.80. The quantitative estimate of drug-likeness (QED) is 0.357. The van der Waals surface area contributed by atoms with Gasteiger partial charge in [-0.3, -0.25) is 29.0 Å². The van der Waals surface area contributed by atoms with Gasteiger partial charge in [0, 0.05) is 43.3 Å². The number of rotatable bonds is 4. The average molecular weight is 447 g/mol. The highest BCUT2D eigenvalue weighted by atomic mass is 16.2. The number of fused-ring (bicyclic) bond motifs is 3. The molecule has 5 heterocycles. The molecule has 1 amide bonds. The molecule has 0 saturated carbocycles. The Hall–Kier alpha value is -4.19. The highest BCUT2D eigenvalue weighted by Crippen LogP contribution is 2.28. The molecule has 0 radical (unpaired) electrons. The molecule has 0 aliphatic carbocycles. The lowest BCUT2D eigenvalue weighted by Gasteiger charge is -2.32. The van der Waals surface area contributed by atoms with E-state index >= 15 is 0 Å². The number of piperidine rings is 1. The molecule has 0 aromatic carbocycles. The van der Waals surface area contributed by atoms with E-state index in [1.54, 1.807) is 29.1 Å². The van der Waals surface area contributed by atoms with E-state index in [1.165, 1.54) is 6.20 Å². The van der Waals surface area contributed by atoms with E-state index in [9.17, 15) is 14.4 Å². The first kappa shape index (κ1) is 20.7. The zero-order chi connectivity index (χ0) is 23.1. The van der Waals surface area contributed by atoms with Crippen molar-refractivity contribution in [2.75, 3.05) is 25.4 Å². The summed E-state index contributed by atoms with van der Waals surface area (Å²) in [5.74, 6) is -0.241. The van der Waals surface area contributed by atoms with Gasteiger partial charge in [-0.1, -0.05) is 0 Å². The maximum absolute atomic E-state index is 13.0. The molecule has 12 nitrogen and oxygen atoms in total. The molecule has 1 aliphatic rings. The number of nitrogen functional groups attached to an aromatic ring is 1. The molecule has 1 fully saturated rings. The Labute approximate surface area is 186 Å². The van der Waals surface area contributed by atoms with Gasteiger partial charge in [0.05, 0.1) is 28.7 Å². The van der Waals surface area contributed by atoms with E-state index in [-0.39, 0.29) is 29.8 Å². The number of likely N-dealkylation sites (tertiary alicyclic amines) is 1. The second-order valence-corrected chi connectivity index (χ2v) is 8.02. The van der Waals surface area contributed by atoms with Crippen LogP contribution in [0.15, 0.2) is 40.3 Å². The van der Waals surface area contributed by atoms with Crippen molar-refractivity contribution >= 4 is 33.8 Å². The standard InChI is InChI=1S/C21H21N9O3/c22-16(31)10-29-5-3-12(4-6-29)30-18-13(19(32)28-21(30)33)9-24-15-2-1-14(27-17(15)18)11-7-25-20(23)26-8-11/h1-2,7-9,12H,3-6,10H2,(H2,22,31)(H2,23,25,26)(H,28,32,33). The van der Waals surface area contributed by atoms with E-state index in [1.807, 2.05) is 4.90 Å². The monoisotopic (exact) mass is 447 g/mol. The number of carbonyl (C=O) groups excluding carboxylic acids is 1. The van der Waals surface area contributed by atoms with E-state index in [2.05, 4.69) is 19.9 Å². The van der Waals surface area contributed by atoms with Gasteiger partial charge in [-0.15, -0.1) is 0 Å². The molecule has 1 aliphatic heterocycles. The van der Waals surface area contributed by atoms with Gasteiger partial charge in [0.1, 0.15) is 5.52 Å². The predicted molar refractivity (Wildman–Crippen MR) is 121 cm³/mol. The van der Waals surface area contributed by atoms with Crippen LogP contribution in [0.1, 0.15) is 18.9 Å². The van der Waals surface area contributed by atoms with Crippen molar-refractivity contribution in [1.82, 2.24) is 34.4 Å². The third-order valence-corrected chi connectivity index (χ3v) is 5.88. The van der Waals surface area contributed by atoms with Gasteiger partial charge in [0.2, 0.25) is 11.9 Å². The van der Waals surface area contributed by atoms with Crippen molar-refractivity contribution in [1.29, 1.82) is 0 Å². The molecule has 5 rings (SSSR count). The van der Waals surface area contributed by atoms with Gasteiger partial charge >= 0.3 is 5.69 Å². The Morgan fingerprint density at radius 2 is 1.82 bits per heavy atom. The van der Waals surface area contributed by atoms with Gasteiger partial charge < -0.3 is 11.5 Å². The van der Waals surface area contributed by atoms with Crippen molar-refractivity contribution in [2.24, 2.45) is 5.73 Å². The molecule has 12 heteroatoms. The maximum Gasteiger partial charge on any atom is 0.329 e. The Bertz CT molecular complexity index is 1490. The molecule has 1 saturated heterocycles. The Morgan fingerprint density at radius 3 is 2.52 bits per heavy atom. The number of hydrogen-bond acceptors (Lipinski definition) is 9. The summed E-state index contributed by atoms with van der Waals surface area (Å²) in [6.45, 7) is 1.38. The van der Waals surface area contributed by atoms with Gasteiger partial charge in [-0.05, 0) is 25.0 Å². The van der Waals surface area contributed by atoms with Crippen LogP contribution in [0.25, 0.3) is 33.2 Å². The fourth-order valence-electron chi connectivity index (χ4n) is 4.32. The molecule has 168 valence electrons. The fraction of sp³-hybridized carbons (Fsp3) is 0.286. The number of carbonyl (C=O) groups is 1. The maximum atomic E-state index is 13.0. The first-order chi connectivity index (χ1) is 15.9. The summed E-state index contributed by atoms with van der Waals surface area (Å²) in [6, 6.07) is 3.37.